The summed E-state index contributed by atoms with van der Waals surface area (Å²) in [5.41, 5.74) is 14.5. The average Bonchev–Trinajstić information content (AvgIpc) is 3.14. The predicted octanol–water partition coefficient (Wildman–Crippen LogP) is 15.6. The van der Waals surface area contributed by atoms with Gasteiger partial charge in [0.1, 0.15) is 0 Å². The number of fused-ring (bicyclic) bond motifs is 1. The van der Waals surface area contributed by atoms with Gasteiger partial charge in [0.15, 0.2) is 0 Å². The maximum Gasteiger partial charge on any atom is 0.0887 e. The van der Waals surface area contributed by atoms with Crippen LogP contribution in [0.5, 0.6) is 0 Å². The molecule has 0 spiro atoms. The van der Waals surface area contributed by atoms with Gasteiger partial charge in [-0.05, 0) is 131 Å². The zero-order valence-electron chi connectivity index (χ0n) is 33.1. The molecule has 0 amide bonds. The van der Waals surface area contributed by atoms with Gasteiger partial charge in [-0.2, -0.15) is 0 Å². The minimum Gasteiger partial charge on any atom is -0.309 e. The topological polar surface area (TPSA) is 6.48 Å². The van der Waals surface area contributed by atoms with Crippen LogP contribution >= 0.6 is 11.6 Å². The lowest BCUT2D eigenvalue weighted by atomic mass is 9.84. The number of hydrogen-bond donors (Lipinski definition) is 0. The molecule has 3 heteroatoms. The third-order valence-electron chi connectivity index (χ3n) is 10.4. The maximum atomic E-state index is 7.83. The average molecular weight is 727 g/mol. The van der Waals surface area contributed by atoms with Crippen LogP contribution in [0.15, 0.2) is 146 Å². The first-order valence-corrected chi connectivity index (χ1v) is 19.3. The van der Waals surface area contributed by atoms with E-state index in [1.54, 1.807) is 0 Å². The number of nitrogens with zero attached hydrogens (tertiary/aromatic N) is 2. The van der Waals surface area contributed by atoms with E-state index in [1.165, 1.54) is 33.0 Å². The Morgan fingerprint density at radius 3 is 1.44 bits per heavy atom. The third kappa shape index (κ3) is 7.54. The van der Waals surface area contributed by atoms with Crippen LogP contribution in [0.1, 0.15) is 69.4 Å². The Morgan fingerprint density at radius 2 is 0.889 bits per heavy atom. The molecule has 0 fully saturated rings. The van der Waals surface area contributed by atoms with Gasteiger partial charge in [0, 0.05) is 22.6 Å². The standard InChI is InChI=1S/C51H51ClN2/c1-34-14-23-42(24-15-34)53(43-27-20-40(21-28-43)50(4,5)6)47-30-36(3)31-48(49(47)52)54(44-25-16-35(2)17-26-44)46-29-22-41(51(7,8)9)33-45(46)39-19-18-37-12-10-11-13-38(37)32-39/h10-33H,1-9H3. The summed E-state index contributed by atoms with van der Waals surface area (Å²) in [5, 5.41) is 3.11. The van der Waals surface area contributed by atoms with Crippen molar-refractivity contribution in [1.29, 1.82) is 0 Å². The van der Waals surface area contributed by atoms with Gasteiger partial charge in [0.05, 0.1) is 22.1 Å². The Kier molecular flexibility index (Phi) is 9.94. The van der Waals surface area contributed by atoms with Crippen molar-refractivity contribution in [3.8, 4) is 11.1 Å². The summed E-state index contributed by atoms with van der Waals surface area (Å²) in [6.45, 7) is 20.0. The van der Waals surface area contributed by atoms with Crippen molar-refractivity contribution >= 4 is 56.5 Å². The Hall–Kier alpha value is -5.31. The summed E-state index contributed by atoms with van der Waals surface area (Å²) >= 11 is 7.83. The highest BCUT2D eigenvalue weighted by Crippen LogP contribution is 2.50. The molecule has 0 N–H and O–H groups in total. The van der Waals surface area contributed by atoms with Gasteiger partial charge in [-0.15, -0.1) is 0 Å². The SMILES string of the molecule is Cc1ccc(N(c2ccc(C(C)(C)C)cc2)c2cc(C)cc(N(c3ccc(C)cc3)c3ccc(C(C)(C)C)cc3-c3ccc4ccccc4c3)c2Cl)cc1. The van der Waals surface area contributed by atoms with Crippen molar-refractivity contribution in [3.05, 3.63) is 178 Å². The highest BCUT2D eigenvalue weighted by atomic mass is 35.5. The van der Waals surface area contributed by atoms with Gasteiger partial charge in [0.25, 0.3) is 0 Å². The molecule has 7 aromatic rings. The first-order chi connectivity index (χ1) is 25.7. The van der Waals surface area contributed by atoms with E-state index in [0.29, 0.717) is 5.02 Å². The zero-order valence-corrected chi connectivity index (χ0v) is 33.9. The summed E-state index contributed by atoms with van der Waals surface area (Å²) < 4.78 is 0. The second kappa shape index (κ2) is 14.5. The number of halogens is 1. The maximum absolute atomic E-state index is 7.83. The lowest BCUT2D eigenvalue weighted by molar-refractivity contribution is 0.590. The number of aryl methyl sites for hydroxylation is 3. The molecule has 0 aromatic heterocycles. The van der Waals surface area contributed by atoms with E-state index < -0.39 is 0 Å². The van der Waals surface area contributed by atoms with Crippen molar-refractivity contribution in [2.45, 2.75) is 73.1 Å². The first-order valence-electron chi connectivity index (χ1n) is 19.0. The number of benzene rings is 7. The number of rotatable bonds is 7. The minimum atomic E-state index is -0.0377. The predicted molar refractivity (Wildman–Crippen MR) is 235 cm³/mol. The first kappa shape index (κ1) is 37.0. The molecule has 7 aromatic carbocycles. The molecule has 0 aliphatic heterocycles. The molecule has 0 saturated carbocycles. The summed E-state index contributed by atoms with van der Waals surface area (Å²) in [4.78, 5) is 4.65. The minimum absolute atomic E-state index is 0.0377. The molecular weight excluding hydrogens is 676 g/mol. The fourth-order valence-corrected chi connectivity index (χ4v) is 7.45. The highest BCUT2D eigenvalue weighted by Gasteiger charge is 2.26. The summed E-state index contributed by atoms with van der Waals surface area (Å²) in [6.07, 6.45) is 0. The fourth-order valence-electron chi connectivity index (χ4n) is 7.18. The van der Waals surface area contributed by atoms with Crippen LogP contribution in [0.4, 0.5) is 34.1 Å². The molecule has 0 aliphatic rings. The molecule has 0 unspecified atom stereocenters. The summed E-state index contributed by atoms with van der Waals surface area (Å²) in [6, 6.07) is 53.2. The fraction of sp³-hybridized carbons (Fsp3) is 0.216. The van der Waals surface area contributed by atoms with Crippen LogP contribution in [0.2, 0.25) is 5.02 Å². The van der Waals surface area contributed by atoms with E-state index in [0.717, 1.165) is 50.8 Å². The lowest BCUT2D eigenvalue weighted by Crippen LogP contribution is -2.17. The van der Waals surface area contributed by atoms with Gasteiger partial charge in [-0.25, -0.2) is 0 Å². The Bertz CT molecular complexity index is 2430. The van der Waals surface area contributed by atoms with E-state index in [1.807, 2.05) is 0 Å². The normalized spacial score (nSPS) is 11.9. The number of hydrogen-bond acceptors (Lipinski definition) is 2. The summed E-state index contributed by atoms with van der Waals surface area (Å²) in [5.74, 6) is 0. The van der Waals surface area contributed by atoms with E-state index in [9.17, 15) is 0 Å². The molecule has 0 atom stereocenters. The molecule has 54 heavy (non-hydrogen) atoms. The van der Waals surface area contributed by atoms with Gasteiger partial charge in [-0.1, -0.05) is 143 Å². The molecule has 7 rings (SSSR count). The van der Waals surface area contributed by atoms with Crippen molar-refractivity contribution < 1.29 is 0 Å². The van der Waals surface area contributed by atoms with Gasteiger partial charge < -0.3 is 9.80 Å². The van der Waals surface area contributed by atoms with Gasteiger partial charge >= 0.3 is 0 Å². The monoisotopic (exact) mass is 726 g/mol. The molecule has 272 valence electrons. The molecule has 0 saturated heterocycles. The number of anilines is 6. The lowest BCUT2D eigenvalue weighted by Gasteiger charge is -2.33. The Labute approximate surface area is 327 Å². The van der Waals surface area contributed by atoms with Crippen LogP contribution in [0, 0.1) is 20.8 Å². The largest absolute Gasteiger partial charge is 0.309 e. The van der Waals surface area contributed by atoms with E-state index in [2.05, 4.69) is 218 Å². The Balaban J connectivity index is 1.50. The molecule has 0 aliphatic carbocycles. The van der Waals surface area contributed by atoms with Crippen LogP contribution < -0.4 is 9.80 Å². The van der Waals surface area contributed by atoms with Crippen LogP contribution in [-0.2, 0) is 10.8 Å². The molecule has 0 bridgehead atoms. The Morgan fingerprint density at radius 1 is 0.407 bits per heavy atom. The van der Waals surface area contributed by atoms with Crippen LogP contribution in [-0.4, -0.2) is 0 Å². The third-order valence-corrected chi connectivity index (χ3v) is 10.8. The van der Waals surface area contributed by atoms with E-state index >= 15 is 0 Å². The second-order valence-corrected chi connectivity index (χ2v) is 17.2. The van der Waals surface area contributed by atoms with Crippen LogP contribution in [0.3, 0.4) is 0 Å². The van der Waals surface area contributed by atoms with Gasteiger partial charge in [0.2, 0.25) is 0 Å². The zero-order chi connectivity index (χ0) is 38.4. The van der Waals surface area contributed by atoms with E-state index in [4.69, 9.17) is 11.6 Å². The quantitative estimate of drug-likeness (QED) is 0.161. The van der Waals surface area contributed by atoms with Crippen LogP contribution in [0.25, 0.3) is 21.9 Å². The van der Waals surface area contributed by atoms with E-state index in [-0.39, 0.29) is 10.8 Å². The molecule has 0 heterocycles. The van der Waals surface area contributed by atoms with Crippen molar-refractivity contribution in [1.82, 2.24) is 0 Å². The smallest absolute Gasteiger partial charge is 0.0887 e. The summed E-state index contributed by atoms with van der Waals surface area (Å²) in [7, 11) is 0. The molecule has 2 nitrogen and oxygen atoms in total. The second-order valence-electron chi connectivity index (χ2n) is 16.8. The highest BCUT2D eigenvalue weighted by molar-refractivity contribution is 6.37. The van der Waals surface area contributed by atoms with Gasteiger partial charge in [-0.3, -0.25) is 0 Å². The van der Waals surface area contributed by atoms with Crippen molar-refractivity contribution in [2.75, 3.05) is 9.80 Å². The molecule has 0 radical (unpaired) electrons. The van der Waals surface area contributed by atoms with Crippen molar-refractivity contribution in [2.24, 2.45) is 0 Å². The van der Waals surface area contributed by atoms with Crippen molar-refractivity contribution in [3.63, 3.8) is 0 Å². The molecular formula is C51H51ClN2.